The minimum absolute atomic E-state index is 0.238. The number of anilines is 1. The van der Waals surface area contributed by atoms with Crippen molar-refractivity contribution in [3.05, 3.63) is 21.5 Å². The largest absolute Gasteiger partial charge is 0.381 e. The summed E-state index contributed by atoms with van der Waals surface area (Å²) in [5.41, 5.74) is 7.38. The van der Waals surface area contributed by atoms with Gasteiger partial charge in [0.25, 0.3) is 0 Å². The third-order valence-electron chi connectivity index (χ3n) is 3.13. The number of imidazole rings is 1. The minimum Gasteiger partial charge on any atom is -0.381 e. The normalized spacial score (nSPS) is 11.3. The van der Waals surface area contributed by atoms with Gasteiger partial charge in [-0.3, -0.25) is 0 Å². The number of unbranched alkanes of at least 4 members (excludes halogenated alkanes) is 1. The molecule has 2 N–H and O–H groups in total. The first-order valence-electron chi connectivity index (χ1n) is 6.82. The van der Waals surface area contributed by atoms with Gasteiger partial charge in [0.05, 0.1) is 14.6 Å². The first-order valence-corrected chi connectivity index (χ1v) is 7.90. The molecule has 2 rings (SSSR count). The number of nitrogens with zero attached hydrogens (tertiary/aromatic N) is 2. The molecule has 2 aromatic rings. The second-order valence-electron chi connectivity index (χ2n) is 4.70. The van der Waals surface area contributed by atoms with Crippen LogP contribution in [-0.2, 0) is 11.3 Å². The Morgan fingerprint density at radius 2 is 2.10 bits per heavy atom. The second-order valence-corrected chi connectivity index (χ2v) is 5.86. The van der Waals surface area contributed by atoms with Gasteiger partial charge in [0, 0.05) is 25.8 Å². The van der Waals surface area contributed by atoms with Gasteiger partial charge in [0.15, 0.2) is 0 Å². The summed E-state index contributed by atoms with van der Waals surface area (Å²) in [5, 5.41) is 0. The van der Waals surface area contributed by atoms with Crippen LogP contribution in [0.5, 0.6) is 0 Å². The Balaban J connectivity index is 2.02. The number of nitrogen functional groups attached to an aromatic ring is 1. The van der Waals surface area contributed by atoms with E-state index in [-0.39, 0.29) is 5.82 Å². The topological polar surface area (TPSA) is 53.1 Å². The molecule has 20 heavy (non-hydrogen) atoms. The predicted molar refractivity (Wildman–Crippen MR) is 87.2 cm³/mol. The Kier molecular flexibility index (Phi) is 5.59. The number of nitrogens with two attached hydrogens (primary N) is 1. The maximum absolute atomic E-state index is 13.7. The lowest BCUT2D eigenvalue weighted by atomic mass is 10.3. The third kappa shape index (κ3) is 3.60. The smallest absolute Gasteiger partial charge is 0.201 e. The number of benzene rings is 1. The summed E-state index contributed by atoms with van der Waals surface area (Å²) in [4.78, 5) is 4.27. The Hall–Kier alpha value is -0.890. The van der Waals surface area contributed by atoms with Crippen LogP contribution >= 0.6 is 22.6 Å². The molecule has 0 fully saturated rings. The summed E-state index contributed by atoms with van der Waals surface area (Å²) < 4.78 is 21.6. The van der Waals surface area contributed by atoms with Crippen LogP contribution in [0.3, 0.4) is 0 Å². The molecule has 0 bridgehead atoms. The molecule has 0 aliphatic heterocycles. The fraction of sp³-hybridized carbons (Fsp3) is 0.500. The van der Waals surface area contributed by atoms with E-state index in [4.69, 9.17) is 10.5 Å². The van der Waals surface area contributed by atoms with Crippen LogP contribution in [0.2, 0.25) is 0 Å². The van der Waals surface area contributed by atoms with E-state index in [2.05, 4.69) is 11.9 Å². The highest BCUT2D eigenvalue weighted by Gasteiger charge is 2.11. The van der Waals surface area contributed by atoms with E-state index in [1.54, 1.807) is 6.07 Å². The zero-order chi connectivity index (χ0) is 14.5. The SMILES string of the molecule is CCCCOCCCn1c(N)nc2cc(I)c(F)cc21. The molecule has 0 aliphatic carbocycles. The molecule has 0 saturated carbocycles. The average Bonchev–Trinajstić information content (AvgIpc) is 2.70. The Morgan fingerprint density at radius 1 is 1.35 bits per heavy atom. The van der Waals surface area contributed by atoms with E-state index < -0.39 is 0 Å². The van der Waals surface area contributed by atoms with Crippen molar-refractivity contribution in [1.82, 2.24) is 9.55 Å². The van der Waals surface area contributed by atoms with Gasteiger partial charge in [-0.2, -0.15) is 0 Å². The molecule has 0 atom stereocenters. The summed E-state index contributed by atoms with van der Waals surface area (Å²) in [7, 11) is 0. The third-order valence-corrected chi connectivity index (χ3v) is 3.96. The van der Waals surface area contributed by atoms with Crippen molar-refractivity contribution in [2.45, 2.75) is 32.7 Å². The molecule has 110 valence electrons. The molecule has 4 nitrogen and oxygen atoms in total. The molecule has 0 saturated heterocycles. The lowest BCUT2D eigenvalue weighted by Gasteiger charge is -2.07. The van der Waals surface area contributed by atoms with Crippen molar-refractivity contribution in [2.75, 3.05) is 18.9 Å². The number of fused-ring (bicyclic) bond motifs is 1. The molecule has 0 spiro atoms. The summed E-state index contributed by atoms with van der Waals surface area (Å²) in [6.07, 6.45) is 3.06. The van der Waals surface area contributed by atoms with E-state index in [9.17, 15) is 4.39 Å². The first kappa shape index (κ1) is 15.5. The number of hydrogen-bond donors (Lipinski definition) is 1. The van der Waals surface area contributed by atoms with Crippen molar-refractivity contribution in [1.29, 1.82) is 0 Å². The number of halogens is 2. The van der Waals surface area contributed by atoms with Gasteiger partial charge in [0.1, 0.15) is 5.82 Å². The van der Waals surface area contributed by atoms with Crippen molar-refractivity contribution in [3.63, 3.8) is 0 Å². The Labute approximate surface area is 131 Å². The summed E-state index contributed by atoms with van der Waals surface area (Å²) in [5.74, 6) is 0.188. The van der Waals surface area contributed by atoms with Crippen molar-refractivity contribution < 1.29 is 9.13 Å². The molecular weight excluding hydrogens is 372 g/mol. The monoisotopic (exact) mass is 391 g/mol. The molecule has 0 aliphatic rings. The lowest BCUT2D eigenvalue weighted by Crippen LogP contribution is -2.06. The average molecular weight is 391 g/mol. The van der Waals surface area contributed by atoms with Crippen LogP contribution in [0.4, 0.5) is 10.3 Å². The zero-order valence-electron chi connectivity index (χ0n) is 11.5. The predicted octanol–water partition coefficient (Wildman–Crippen LogP) is 3.57. The van der Waals surface area contributed by atoms with Crippen LogP contribution in [0.15, 0.2) is 12.1 Å². The van der Waals surface area contributed by atoms with Crippen LogP contribution < -0.4 is 5.73 Å². The van der Waals surface area contributed by atoms with Gasteiger partial charge in [-0.15, -0.1) is 0 Å². The highest BCUT2D eigenvalue weighted by atomic mass is 127. The van der Waals surface area contributed by atoms with Crippen molar-refractivity contribution >= 4 is 39.6 Å². The number of ether oxygens (including phenoxy) is 1. The van der Waals surface area contributed by atoms with E-state index in [1.165, 1.54) is 6.07 Å². The summed E-state index contributed by atoms with van der Waals surface area (Å²) >= 11 is 1.96. The van der Waals surface area contributed by atoms with Crippen molar-refractivity contribution in [3.8, 4) is 0 Å². The molecular formula is C14H19FIN3O. The van der Waals surface area contributed by atoms with Gasteiger partial charge in [-0.05, 0) is 41.5 Å². The molecule has 6 heteroatoms. The van der Waals surface area contributed by atoms with Gasteiger partial charge in [0.2, 0.25) is 5.95 Å². The van der Waals surface area contributed by atoms with Crippen LogP contribution in [0.1, 0.15) is 26.2 Å². The van der Waals surface area contributed by atoms with E-state index >= 15 is 0 Å². The molecule has 1 aromatic carbocycles. The number of rotatable bonds is 7. The highest BCUT2D eigenvalue weighted by Crippen LogP contribution is 2.23. The Bertz CT molecular complexity index is 585. The van der Waals surface area contributed by atoms with Crippen molar-refractivity contribution in [2.24, 2.45) is 0 Å². The summed E-state index contributed by atoms with van der Waals surface area (Å²) in [6.45, 7) is 4.31. The molecule has 1 aromatic heterocycles. The Morgan fingerprint density at radius 3 is 2.85 bits per heavy atom. The quantitative estimate of drug-likeness (QED) is 0.580. The molecule has 0 unspecified atom stereocenters. The standard InChI is InChI=1S/C14H19FIN3O/c1-2-3-6-20-7-4-5-19-13-8-10(15)11(16)9-12(13)18-14(19)17/h8-9H,2-7H2,1H3,(H2,17,18). The fourth-order valence-corrected chi connectivity index (χ4v) is 2.50. The maximum Gasteiger partial charge on any atom is 0.201 e. The van der Waals surface area contributed by atoms with Gasteiger partial charge >= 0.3 is 0 Å². The summed E-state index contributed by atoms with van der Waals surface area (Å²) in [6, 6.07) is 3.22. The number of aryl methyl sites for hydroxylation is 1. The number of hydrogen-bond acceptors (Lipinski definition) is 3. The van der Waals surface area contributed by atoms with Crippen LogP contribution in [-0.4, -0.2) is 22.8 Å². The molecule has 0 amide bonds. The highest BCUT2D eigenvalue weighted by molar-refractivity contribution is 14.1. The maximum atomic E-state index is 13.7. The number of aromatic nitrogens is 2. The van der Waals surface area contributed by atoms with Gasteiger partial charge < -0.3 is 15.0 Å². The van der Waals surface area contributed by atoms with Crippen LogP contribution in [0, 0.1) is 9.39 Å². The molecule has 1 heterocycles. The van der Waals surface area contributed by atoms with Gasteiger partial charge in [-0.25, -0.2) is 9.37 Å². The first-order chi connectivity index (χ1) is 9.63. The van der Waals surface area contributed by atoms with E-state index in [0.717, 1.165) is 36.9 Å². The van der Waals surface area contributed by atoms with Gasteiger partial charge in [-0.1, -0.05) is 13.3 Å². The van der Waals surface area contributed by atoms with E-state index in [1.807, 2.05) is 27.2 Å². The van der Waals surface area contributed by atoms with Crippen LogP contribution in [0.25, 0.3) is 11.0 Å². The fourth-order valence-electron chi connectivity index (χ4n) is 2.05. The molecule has 0 radical (unpaired) electrons. The zero-order valence-corrected chi connectivity index (χ0v) is 13.7. The van der Waals surface area contributed by atoms with E-state index in [0.29, 0.717) is 22.7 Å². The lowest BCUT2D eigenvalue weighted by molar-refractivity contribution is 0.126. The minimum atomic E-state index is -0.238. The second kappa shape index (κ2) is 7.21.